The molecule has 1 aliphatic rings. The van der Waals surface area contributed by atoms with Crippen LogP contribution in [0.25, 0.3) is 5.52 Å². The zero-order valence-electron chi connectivity index (χ0n) is 9.25. The van der Waals surface area contributed by atoms with Gasteiger partial charge in [-0.05, 0) is 36.6 Å². The number of aromatic nitrogens is 3. The average Bonchev–Trinajstić information content (AvgIpc) is 2.95. The van der Waals surface area contributed by atoms with Crippen molar-refractivity contribution in [3.05, 3.63) is 23.6 Å². The summed E-state index contributed by atoms with van der Waals surface area (Å²) in [7, 11) is 0. The Hall–Kier alpha value is -1.33. The molecule has 1 fully saturated rings. The van der Waals surface area contributed by atoms with E-state index in [0.29, 0.717) is 0 Å². The second kappa shape index (κ2) is 4.16. The fourth-order valence-corrected chi connectivity index (χ4v) is 2.57. The summed E-state index contributed by atoms with van der Waals surface area (Å²) < 4.78 is 1.72. The van der Waals surface area contributed by atoms with Crippen LogP contribution < -0.4 is 4.90 Å². The van der Waals surface area contributed by atoms with Gasteiger partial charge >= 0.3 is 0 Å². The molecule has 17 heavy (non-hydrogen) atoms. The highest BCUT2D eigenvalue weighted by atomic mass is 35.5. The van der Waals surface area contributed by atoms with Crippen LogP contribution in [0, 0.1) is 0 Å². The highest BCUT2D eigenvalue weighted by molar-refractivity contribution is 6.28. The molecular weight excluding hydrogens is 240 g/mol. The first-order chi connectivity index (χ1) is 8.29. The van der Waals surface area contributed by atoms with Crippen LogP contribution in [0.2, 0.25) is 5.28 Å². The van der Waals surface area contributed by atoms with Crippen molar-refractivity contribution in [1.82, 2.24) is 14.6 Å². The third-order valence-corrected chi connectivity index (χ3v) is 3.37. The van der Waals surface area contributed by atoms with Crippen LogP contribution in [0.3, 0.4) is 0 Å². The lowest BCUT2D eigenvalue weighted by Gasteiger charge is -2.24. The number of aliphatic hydroxyl groups is 1. The van der Waals surface area contributed by atoms with E-state index in [1.807, 2.05) is 18.3 Å². The van der Waals surface area contributed by atoms with Crippen LogP contribution in [0.4, 0.5) is 5.82 Å². The first-order valence-electron chi connectivity index (χ1n) is 5.68. The Balaban J connectivity index is 2.12. The minimum atomic E-state index is 0.139. The van der Waals surface area contributed by atoms with Gasteiger partial charge in [-0.15, -0.1) is 5.10 Å². The number of hydrogen-bond donors (Lipinski definition) is 1. The van der Waals surface area contributed by atoms with Crippen LogP contribution in [0.5, 0.6) is 0 Å². The Morgan fingerprint density at radius 1 is 1.53 bits per heavy atom. The highest BCUT2D eigenvalue weighted by Gasteiger charge is 2.27. The summed E-state index contributed by atoms with van der Waals surface area (Å²) in [4.78, 5) is 6.42. The van der Waals surface area contributed by atoms with E-state index in [2.05, 4.69) is 15.0 Å². The summed E-state index contributed by atoms with van der Waals surface area (Å²) in [6.07, 6.45) is 3.90. The van der Waals surface area contributed by atoms with E-state index < -0.39 is 0 Å². The van der Waals surface area contributed by atoms with Crippen LogP contribution in [-0.2, 0) is 0 Å². The predicted molar refractivity (Wildman–Crippen MR) is 65.5 cm³/mol. The molecule has 0 aliphatic carbocycles. The van der Waals surface area contributed by atoms with Crippen LogP contribution in [-0.4, -0.2) is 38.9 Å². The Kier molecular flexibility index (Phi) is 2.64. The molecule has 90 valence electrons. The topological polar surface area (TPSA) is 53.7 Å². The smallest absolute Gasteiger partial charge is 0.243 e. The highest BCUT2D eigenvalue weighted by Crippen LogP contribution is 2.28. The van der Waals surface area contributed by atoms with E-state index in [-0.39, 0.29) is 17.9 Å². The van der Waals surface area contributed by atoms with E-state index in [0.717, 1.165) is 30.7 Å². The Morgan fingerprint density at radius 2 is 2.41 bits per heavy atom. The van der Waals surface area contributed by atoms with E-state index in [9.17, 15) is 5.11 Å². The summed E-state index contributed by atoms with van der Waals surface area (Å²) in [6, 6.07) is 4.01. The second-order valence-corrected chi connectivity index (χ2v) is 4.55. The van der Waals surface area contributed by atoms with Crippen molar-refractivity contribution in [2.45, 2.75) is 18.9 Å². The first-order valence-corrected chi connectivity index (χ1v) is 6.06. The fourth-order valence-electron chi connectivity index (χ4n) is 2.41. The largest absolute Gasteiger partial charge is 0.394 e. The molecule has 0 saturated carbocycles. The molecule has 1 atom stereocenters. The SMILES string of the molecule is OCC1CCCN1c1nc(Cl)nn2cccc12. The molecule has 3 rings (SSSR count). The van der Waals surface area contributed by atoms with Crippen molar-refractivity contribution in [3.8, 4) is 0 Å². The van der Waals surface area contributed by atoms with E-state index >= 15 is 0 Å². The number of aliphatic hydroxyl groups excluding tert-OH is 1. The van der Waals surface area contributed by atoms with Gasteiger partial charge in [-0.1, -0.05) is 0 Å². The molecule has 5 nitrogen and oxygen atoms in total. The molecular formula is C11H13ClN4O. The lowest BCUT2D eigenvalue weighted by Crippen LogP contribution is -2.33. The van der Waals surface area contributed by atoms with Crippen LogP contribution in [0.1, 0.15) is 12.8 Å². The van der Waals surface area contributed by atoms with Gasteiger partial charge < -0.3 is 10.0 Å². The third-order valence-electron chi connectivity index (χ3n) is 3.21. The quantitative estimate of drug-likeness (QED) is 0.877. The molecule has 0 bridgehead atoms. The molecule has 6 heteroatoms. The molecule has 2 aromatic rings. The molecule has 1 saturated heterocycles. The number of nitrogens with zero attached hydrogens (tertiary/aromatic N) is 4. The van der Waals surface area contributed by atoms with Crippen LogP contribution in [0.15, 0.2) is 18.3 Å². The number of rotatable bonds is 2. The molecule has 0 spiro atoms. The summed E-state index contributed by atoms with van der Waals surface area (Å²) in [5.41, 5.74) is 0.926. The van der Waals surface area contributed by atoms with E-state index in [4.69, 9.17) is 11.6 Å². The second-order valence-electron chi connectivity index (χ2n) is 4.21. The summed E-state index contributed by atoms with van der Waals surface area (Å²) in [5.74, 6) is 0.812. The Bertz CT molecular complexity index is 541. The van der Waals surface area contributed by atoms with Gasteiger partial charge in [0, 0.05) is 12.7 Å². The Morgan fingerprint density at radius 3 is 3.24 bits per heavy atom. The molecule has 2 aromatic heterocycles. The van der Waals surface area contributed by atoms with Gasteiger partial charge in [-0.3, -0.25) is 0 Å². The normalized spacial score (nSPS) is 20.4. The lowest BCUT2D eigenvalue weighted by molar-refractivity contribution is 0.266. The lowest BCUT2D eigenvalue weighted by atomic mass is 10.2. The zero-order valence-corrected chi connectivity index (χ0v) is 10.0. The van der Waals surface area contributed by atoms with Crippen molar-refractivity contribution in [2.24, 2.45) is 0 Å². The van der Waals surface area contributed by atoms with Gasteiger partial charge in [0.25, 0.3) is 0 Å². The maximum Gasteiger partial charge on any atom is 0.243 e. The van der Waals surface area contributed by atoms with Crippen molar-refractivity contribution >= 4 is 22.9 Å². The fraction of sp³-hybridized carbons (Fsp3) is 0.455. The maximum atomic E-state index is 9.36. The number of halogens is 1. The molecule has 3 heterocycles. The van der Waals surface area contributed by atoms with Crippen LogP contribution >= 0.6 is 11.6 Å². The van der Waals surface area contributed by atoms with Crippen molar-refractivity contribution in [2.75, 3.05) is 18.1 Å². The standard InChI is InChI=1S/C11H13ClN4O/c12-11-13-10(9-4-2-6-16(9)14-11)15-5-1-3-8(15)7-17/h2,4,6,8,17H,1,3,5,7H2. The number of hydrogen-bond acceptors (Lipinski definition) is 4. The van der Waals surface area contributed by atoms with Gasteiger partial charge in [-0.2, -0.15) is 4.98 Å². The van der Waals surface area contributed by atoms with Gasteiger partial charge in [0.15, 0.2) is 5.82 Å². The average molecular weight is 253 g/mol. The monoisotopic (exact) mass is 252 g/mol. The molecule has 0 radical (unpaired) electrons. The minimum absolute atomic E-state index is 0.139. The number of fused-ring (bicyclic) bond motifs is 1. The minimum Gasteiger partial charge on any atom is -0.394 e. The summed E-state index contributed by atoms with van der Waals surface area (Å²) in [5, 5.41) is 13.7. The third kappa shape index (κ3) is 1.75. The molecule has 1 aliphatic heterocycles. The van der Waals surface area contributed by atoms with E-state index in [1.165, 1.54) is 0 Å². The zero-order chi connectivity index (χ0) is 11.8. The molecule has 1 unspecified atom stereocenters. The molecule has 1 N–H and O–H groups in total. The van der Waals surface area contributed by atoms with Crippen molar-refractivity contribution in [1.29, 1.82) is 0 Å². The van der Waals surface area contributed by atoms with Gasteiger partial charge in [0.1, 0.15) is 5.52 Å². The van der Waals surface area contributed by atoms with Crippen molar-refractivity contribution in [3.63, 3.8) is 0 Å². The first kappa shape index (κ1) is 10.8. The summed E-state index contributed by atoms with van der Waals surface area (Å²) >= 11 is 5.92. The number of anilines is 1. The van der Waals surface area contributed by atoms with Gasteiger partial charge in [0.2, 0.25) is 5.28 Å². The van der Waals surface area contributed by atoms with Gasteiger partial charge in [-0.25, -0.2) is 4.52 Å². The van der Waals surface area contributed by atoms with E-state index in [1.54, 1.807) is 4.52 Å². The van der Waals surface area contributed by atoms with Crippen molar-refractivity contribution < 1.29 is 5.11 Å². The predicted octanol–water partition coefficient (Wildman–Crippen LogP) is 1.34. The Labute approximate surface area is 104 Å². The molecule has 0 aromatic carbocycles. The van der Waals surface area contributed by atoms with Gasteiger partial charge in [0.05, 0.1) is 12.6 Å². The summed E-state index contributed by atoms with van der Waals surface area (Å²) in [6.45, 7) is 1.05. The maximum absolute atomic E-state index is 9.36. The molecule has 0 amide bonds.